The topological polar surface area (TPSA) is 70.5 Å². The average molecular weight is 306 g/mol. The Morgan fingerprint density at radius 1 is 1.19 bits per heavy atom. The minimum atomic E-state index is -3.41. The lowest BCUT2D eigenvalue weighted by atomic mass is 10.2. The molecule has 0 aliphatic heterocycles. The third-order valence-electron chi connectivity index (χ3n) is 3.13. The molecule has 6 heteroatoms. The first-order valence-corrected chi connectivity index (χ1v) is 8.27. The summed E-state index contributed by atoms with van der Waals surface area (Å²) in [5, 5.41) is 9.22. The van der Waals surface area contributed by atoms with Gasteiger partial charge in [0, 0.05) is 12.4 Å². The van der Waals surface area contributed by atoms with Gasteiger partial charge in [0.25, 0.3) is 0 Å². The predicted octanol–water partition coefficient (Wildman–Crippen LogP) is 1.93. The Hall–Kier alpha value is -1.92. The van der Waals surface area contributed by atoms with Crippen LogP contribution in [0.25, 0.3) is 0 Å². The number of aliphatic hydroxyl groups excluding tert-OH is 1. The lowest BCUT2D eigenvalue weighted by Crippen LogP contribution is -2.32. The van der Waals surface area contributed by atoms with Gasteiger partial charge in [0.05, 0.1) is 24.6 Å². The maximum atomic E-state index is 12.3. The maximum Gasteiger partial charge on any atom is 0.235 e. The predicted molar refractivity (Wildman–Crippen MR) is 82.2 cm³/mol. The van der Waals surface area contributed by atoms with E-state index in [1.54, 1.807) is 49.6 Å². The van der Waals surface area contributed by atoms with Gasteiger partial charge in [0.2, 0.25) is 10.0 Å². The largest absolute Gasteiger partial charge is 0.392 e. The molecule has 2 aromatic rings. The molecule has 0 bridgehead atoms. The number of rotatable bonds is 6. The van der Waals surface area contributed by atoms with Crippen molar-refractivity contribution in [3.8, 4) is 0 Å². The Bertz CT molecular complexity index is 687. The third-order valence-corrected chi connectivity index (χ3v) is 4.87. The van der Waals surface area contributed by atoms with Crippen molar-refractivity contribution in [3.63, 3.8) is 0 Å². The van der Waals surface area contributed by atoms with Gasteiger partial charge < -0.3 is 5.11 Å². The Morgan fingerprint density at radius 2 is 1.95 bits per heavy atom. The lowest BCUT2D eigenvalue weighted by molar-refractivity contribution is 0.282. The third kappa shape index (κ3) is 3.80. The van der Waals surface area contributed by atoms with Gasteiger partial charge in [-0.05, 0) is 36.2 Å². The molecule has 0 unspecified atom stereocenters. The van der Waals surface area contributed by atoms with Crippen molar-refractivity contribution in [1.82, 2.24) is 4.98 Å². The summed E-state index contributed by atoms with van der Waals surface area (Å²) in [7, 11) is -3.41. The van der Waals surface area contributed by atoms with E-state index in [0.717, 1.165) is 5.56 Å². The van der Waals surface area contributed by atoms with Crippen LogP contribution in [-0.2, 0) is 23.2 Å². The van der Waals surface area contributed by atoms with Gasteiger partial charge in [-0.25, -0.2) is 8.42 Å². The zero-order valence-corrected chi connectivity index (χ0v) is 12.6. The van der Waals surface area contributed by atoms with Gasteiger partial charge in [-0.3, -0.25) is 9.29 Å². The van der Waals surface area contributed by atoms with Crippen LogP contribution in [0, 0.1) is 0 Å². The molecular formula is C15H18N2O3S. The SMILES string of the molecule is CCS(=O)(=O)N(Cc1cccnc1)c1cccc(CO)c1. The summed E-state index contributed by atoms with van der Waals surface area (Å²) < 4.78 is 26.0. The average Bonchev–Trinajstić information content (AvgIpc) is 2.53. The van der Waals surface area contributed by atoms with Crippen molar-refractivity contribution in [2.24, 2.45) is 0 Å². The molecule has 0 saturated heterocycles. The molecule has 2 rings (SSSR count). The molecular weight excluding hydrogens is 288 g/mol. The van der Waals surface area contributed by atoms with Crippen molar-refractivity contribution in [1.29, 1.82) is 0 Å². The van der Waals surface area contributed by atoms with E-state index in [1.165, 1.54) is 4.31 Å². The zero-order valence-electron chi connectivity index (χ0n) is 11.8. The second kappa shape index (κ2) is 6.69. The molecule has 1 aromatic heterocycles. The van der Waals surface area contributed by atoms with E-state index in [9.17, 15) is 13.5 Å². The van der Waals surface area contributed by atoms with Crippen molar-refractivity contribution in [3.05, 3.63) is 59.9 Å². The number of pyridine rings is 1. The lowest BCUT2D eigenvalue weighted by Gasteiger charge is -2.24. The Balaban J connectivity index is 2.41. The van der Waals surface area contributed by atoms with Crippen LogP contribution in [0.4, 0.5) is 5.69 Å². The number of benzene rings is 1. The molecule has 0 radical (unpaired) electrons. The molecule has 0 amide bonds. The van der Waals surface area contributed by atoms with E-state index in [-0.39, 0.29) is 18.9 Å². The zero-order chi connectivity index (χ0) is 15.3. The highest BCUT2D eigenvalue weighted by atomic mass is 32.2. The quantitative estimate of drug-likeness (QED) is 0.885. The number of aromatic nitrogens is 1. The van der Waals surface area contributed by atoms with Crippen LogP contribution in [0.1, 0.15) is 18.1 Å². The first kappa shape index (κ1) is 15.5. The maximum absolute atomic E-state index is 12.3. The minimum Gasteiger partial charge on any atom is -0.392 e. The summed E-state index contributed by atoms with van der Waals surface area (Å²) in [5.74, 6) is 0.0105. The van der Waals surface area contributed by atoms with Crippen molar-refractivity contribution >= 4 is 15.7 Å². The van der Waals surface area contributed by atoms with E-state index >= 15 is 0 Å². The van der Waals surface area contributed by atoms with Gasteiger partial charge in [0.15, 0.2) is 0 Å². The van der Waals surface area contributed by atoms with Crippen LogP contribution in [-0.4, -0.2) is 24.3 Å². The number of aliphatic hydroxyl groups is 1. The number of hydrogen-bond acceptors (Lipinski definition) is 4. The summed E-state index contributed by atoms with van der Waals surface area (Å²) in [6.07, 6.45) is 3.29. The molecule has 0 saturated carbocycles. The Labute approximate surface area is 124 Å². The van der Waals surface area contributed by atoms with E-state index in [1.807, 2.05) is 6.07 Å². The summed E-state index contributed by atoms with van der Waals surface area (Å²) in [4.78, 5) is 4.01. The number of sulfonamides is 1. The summed E-state index contributed by atoms with van der Waals surface area (Å²) >= 11 is 0. The molecule has 1 aromatic carbocycles. The fourth-order valence-electron chi connectivity index (χ4n) is 1.97. The van der Waals surface area contributed by atoms with E-state index in [0.29, 0.717) is 11.3 Å². The molecule has 0 aliphatic rings. The molecule has 21 heavy (non-hydrogen) atoms. The van der Waals surface area contributed by atoms with Crippen LogP contribution in [0.3, 0.4) is 0 Å². The van der Waals surface area contributed by atoms with Crippen LogP contribution in [0.5, 0.6) is 0 Å². The standard InChI is InChI=1S/C15H18N2O3S/c1-2-21(19,20)17(11-14-6-4-8-16-10-14)15-7-3-5-13(9-15)12-18/h3-10,18H,2,11-12H2,1H3. The van der Waals surface area contributed by atoms with Crippen LogP contribution in [0.15, 0.2) is 48.8 Å². The fraction of sp³-hybridized carbons (Fsp3) is 0.267. The highest BCUT2D eigenvalue weighted by molar-refractivity contribution is 7.92. The second-order valence-electron chi connectivity index (χ2n) is 4.60. The first-order chi connectivity index (χ1) is 10.1. The van der Waals surface area contributed by atoms with Crippen LogP contribution >= 0.6 is 0 Å². The Morgan fingerprint density at radius 3 is 2.57 bits per heavy atom. The van der Waals surface area contributed by atoms with Crippen molar-refractivity contribution in [2.45, 2.75) is 20.1 Å². The van der Waals surface area contributed by atoms with Gasteiger partial charge in [-0.2, -0.15) is 0 Å². The monoisotopic (exact) mass is 306 g/mol. The molecule has 5 nitrogen and oxygen atoms in total. The normalized spacial score (nSPS) is 11.3. The van der Waals surface area contributed by atoms with Crippen molar-refractivity contribution in [2.75, 3.05) is 10.1 Å². The van der Waals surface area contributed by atoms with E-state index in [2.05, 4.69) is 4.98 Å². The first-order valence-electron chi connectivity index (χ1n) is 6.66. The molecule has 112 valence electrons. The molecule has 1 heterocycles. The van der Waals surface area contributed by atoms with E-state index < -0.39 is 10.0 Å². The summed E-state index contributed by atoms with van der Waals surface area (Å²) in [6, 6.07) is 10.5. The summed E-state index contributed by atoms with van der Waals surface area (Å²) in [6.45, 7) is 1.71. The van der Waals surface area contributed by atoms with Crippen LogP contribution in [0.2, 0.25) is 0 Å². The van der Waals surface area contributed by atoms with Crippen molar-refractivity contribution < 1.29 is 13.5 Å². The smallest absolute Gasteiger partial charge is 0.235 e. The number of anilines is 1. The minimum absolute atomic E-state index is 0.0105. The number of hydrogen-bond donors (Lipinski definition) is 1. The van der Waals surface area contributed by atoms with E-state index in [4.69, 9.17) is 0 Å². The highest BCUT2D eigenvalue weighted by Gasteiger charge is 2.21. The molecule has 0 spiro atoms. The highest BCUT2D eigenvalue weighted by Crippen LogP contribution is 2.22. The van der Waals surface area contributed by atoms with Gasteiger partial charge in [-0.1, -0.05) is 18.2 Å². The molecule has 0 aliphatic carbocycles. The molecule has 0 fully saturated rings. The van der Waals surface area contributed by atoms with Gasteiger partial charge in [-0.15, -0.1) is 0 Å². The molecule has 0 atom stereocenters. The molecule has 1 N–H and O–H groups in total. The van der Waals surface area contributed by atoms with Gasteiger partial charge in [0.1, 0.15) is 0 Å². The van der Waals surface area contributed by atoms with Gasteiger partial charge >= 0.3 is 0 Å². The number of nitrogens with zero attached hydrogens (tertiary/aromatic N) is 2. The second-order valence-corrected chi connectivity index (χ2v) is 6.78. The van der Waals surface area contributed by atoms with Crippen LogP contribution < -0.4 is 4.31 Å². The Kier molecular flexibility index (Phi) is 4.93. The summed E-state index contributed by atoms with van der Waals surface area (Å²) in [5.41, 5.74) is 2.03. The fourth-order valence-corrected chi connectivity index (χ4v) is 3.07.